The number of amidine groups is 1. The second kappa shape index (κ2) is 13.8. The van der Waals surface area contributed by atoms with E-state index in [1.807, 2.05) is 43.3 Å². The summed E-state index contributed by atoms with van der Waals surface area (Å²) in [7, 11) is 3.99. The maximum atomic E-state index is 13.2. The van der Waals surface area contributed by atoms with E-state index in [0.717, 1.165) is 28.4 Å². The summed E-state index contributed by atoms with van der Waals surface area (Å²) in [5.74, 6) is 0.304. The van der Waals surface area contributed by atoms with Gasteiger partial charge in [-0.15, -0.1) is 11.6 Å². The van der Waals surface area contributed by atoms with E-state index >= 15 is 0 Å². The van der Waals surface area contributed by atoms with Crippen LogP contribution >= 0.6 is 11.6 Å². The fourth-order valence-electron chi connectivity index (χ4n) is 4.15. The van der Waals surface area contributed by atoms with Gasteiger partial charge in [-0.25, -0.2) is 0 Å². The van der Waals surface area contributed by atoms with Crippen molar-refractivity contribution in [1.82, 2.24) is 5.32 Å². The predicted octanol–water partition coefficient (Wildman–Crippen LogP) is 5.14. The largest absolute Gasteiger partial charge is 0.386 e. The van der Waals surface area contributed by atoms with Crippen LogP contribution in [0.2, 0.25) is 0 Å². The molecule has 0 aromatic heterocycles. The lowest BCUT2D eigenvalue weighted by atomic mass is 9.98. The number of carbonyl (C=O) groups is 2. The number of carbonyl (C=O) groups excluding carboxylic acids is 2. The number of halogens is 1. The van der Waals surface area contributed by atoms with E-state index in [9.17, 15) is 9.59 Å². The molecule has 7 heteroatoms. The molecule has 3 aromatic carbocycles. The Kier molecular flexibility index (Phi) is 10.5. The van der Waals surface area contributed by atoms with Crippen LogP contribution in [0.3, 0.4) is 0 Å². The molecular weight excluding hydrogens is 484 g/mol. The van der Waals surface area contributed by atoms with Gasteiger partial charge >= 0.3 is 0 Å². The van der Waals surface area contributed by atoms with E-state index in [1.54, 1.807) is 6.07 Å². The Morgan fingerprint density at radius 3 is 2.35 bits per heavy atom. The zero-order valence-electron chi connectivity index (χ0n) is 22.0. The van der Waals surface area contributed by atoms with E-state index in [0.29, 0.717) is 43.6 Å². The van der Waals surface area contributed by atoms with Crippen LogP contribution in [0.4, 0.5) is 5.69 Å². The number of nitrogens with zero attached hydrogens (tertiary/aromatic N) is 2. The standard InChI is InChI=1S/C30H37ClN4O2/c1-4-21-7-9-22(10-8-21)11-16-28(36)27(6-5-17-33-29(32)20-31)34-30(37)25-13-12-24-19-26(35(2)3)15-14-23(24)18-25/h7-10,12-15,18-19,27H,4-6,11,16-17,20H2,1-3H3,(H2,32,33)(H,34,37)/t27-/m0/s1. The second-order valence-electron chi connectivity index (χ2n) is 9.45. The zero-order chi connectivity index (χ0) is 26.8. The van der Waals surface area contributed by atoms with E-state index in [2.05, 4.69) is 47.6 Å². The van der Waals surface area contributed by atoms with Gasteiger partial charge in [0.15, 0.2) is 5.78 Å². The average molecular weight is 521 g/mol. The molecule has 6 nitrogen and oxygen atoms in total. The van der Waals surface area contributed by atoms with Crippen LogP contribution in [-0.4, -0.2) is 50.1 Å². The maximum absolute atomic E-state index is 13.2. The van der Waals surface area contributed by atoms with Crippen LogP contribution in [0.25, 0.3) is 10.8 Å². The molecule has 0 heterocycles. The molecule has 0 saturated carbocycles. The van der Waals surface area contributed by atoms with Gasteiger partial charge in [0.05, 0.1) is 11.9 Å². The number of nitrogens with one attached hydrogen (secondary N) is 1. The van der Waals surface area contributed by atoms with Crippen LogP contribution in [0, 0.1) is 0 Å². The summed E-state index contributed by atoms with van der Waals surface area (Å²) in [6, 6.07) is 19.5. The Morgan fingerprint density at radius 1 is 1.00 bits per heavy atom. The molecule has 1 amide bonds. The highest BCUT2D eigenvalue weighted by Crippen LogP contribution is 2.22. The molecule has 0 aliphatic carbocycles. The molecule has 0 radical (unpaired) electrons. The third kappa shape index (κ3) is 8.32. The monoisotopic (exact) mass is 520 g/mol. The van der Waals surface area contributed by atoms with Crippen LogP contribution in [0.15, 0.2) is 65.7 Å². The normalized spacial score (nSPS) is 12.4. The van der Waals surface area contributed by atoms with E-state index in [4.69, 9.17) is 17.3 Å². The van der Waals surface area contributed by atoms with Gasteiger partial charge in [0, 0.05) is 38.3 Å². The Bertz CT molecular complexity index is 1240. The Morgan fingerprint density at radius 2 is 1.68 bits per heavy atom. The summed E-state index contributed by atoms with van der Waals surface area (Å²) in [5, 5.41) is 5.01. The molecule has 0 aliphatic rings. The molecule has 0 aliphatic heterocycles. The number of amides is 1. The summed E-state index contributed by atoms with van der Waals surface area (Å²) in [6.45, 7) is 2.58. The van der Waals surface area contributed by atoms with Crippen LogP contribution in [0.1, 0.15) is 47.7 Å². The first-order valence-electron chi connectivity index (χ1n) is 12.8. The molecule has 0 fully saturated rings. The molecule has 3 rings (SSSR count). The van der Waals surface area contributed by atoms with Gasteiger partial charge in [0.2, 0.25) is 0 Å². The van der Waals surface area contributed by atoms with Gasteiger partial charge in [-0.2, -0.15) is 0 Å². The number of rotatable bonds is 13. The number of fused-ring (bicyclic) bond motifs is 1. The third-order valence-corrected chi connectivity index (χ3v) is 6.76. The minimum absolute atomic E-state index is 0.0126. The lowest BCUT2D eigenvalue weighted by Crippen LogP contribution is -2.41. The van der Waals surface area contributed by atoms with E-state index in [1.165, 1.54) is 5.56 Å². The second-order valence-corrected chi connectivity index (χ2v) is 9.72. The molecular formula is C30H37ClN4O2. The van der Waals surface area contributed by atoms with E-state index in [-0.39, 0.29) is 17.6 Å². The van der Waals surface area contributed by atoms with Crippen molar-refractivity contribution in [2.45, 2.75) is 45.1 Å². The number of alkyl halides is 1. The van der Waals surface area contributed by atoms with Gasteiger partial charge in [-0.05, 0) is 71.8 Å². The van der Waals surface area contributed by atoms with Crippen molar-refractivity contribution in [2.75, 3.05) is 31.4 Å². The molecule has 0 saturated heterocycles. The Labute approximate surface area is 224 Å². The number of hydrogen-bond donors (Lipinski definition) is 2. The molecule has 196 valence electrons. The van der Waals surface area contributed by atoms with Crippen molar-refractivity contribution in [1.29, 1.82) is 0 Å². The first-order chi connectivity index (χ1) is 17.8. The summed E-state index contributed by atoms with van der Waals surface area (Å²) in [4.78, 5) is 32.6. The highest BCUT2D eigenvalue weighted by molar-refractivity contribution is 6.27. The number of anilines is 1. The lowest BCUT2D eigenvalue weighted by Gasteiger charge is -2.18. The summed E-state index contributed by atoms with van der Waals surface area (Å²) in [6.07, 6.45) is 3.07. The number of Topliss-reactive ketones (excluding diaryl/α,β-unsaturated/α-hetero) is 1. The molecule has 0 unspecified atom stereocenters. The van der Waals surface area contributed by atoms with Crippen molar-refractivity contribution in [2.24, 2.45) is 10.7 Å². The number of benzene rings is 3. The predicted molar refractivity (Wildman–Crippen MR) is 155 cm³/mol. The molecule has 3 N–H and O–H groups in total. The summed E-state index contributed by atoms with van der Waals surface area (Å²) < 4.78 is 0. The Hall–Kier alpha value is -3.38. The van der Waals surface area contributed by atoms with Crippen LogP contribution in [-0.2, 0) is 17.6 Å². The fraction of sp³-hybridized carbons (Fsp3) is 0.367. The third-order valence-electron chi connectivity index (χ3n) is 6.49. The van der Waals surface area contributed by atoms with Crippen LogP contribution in [0.5, 0.6) is 0 Å². The average Bonchev–Trinajstić information content (AvgIpc) is 2.92. The van der Waals surface area contributed by atoms with Crippen LogP contribution < -0.4 is 16.0 Å². The minimum atomic E-state index is -0.596. The number of hydrogen-bond acceptors (Lipinski definition) is 4. The number of ketones is 1. The maximum Gasteiger partial charge on any atom is 0.251 e. The van der Waals surface area contributed by atoms with Crippen molar-refractivity contribution < 1.29 is 9.59 Å². The molecule has 3 aromatic rings. The Balaban J connectivity index is 1.70. The lowest BCUT2D eigenvalue weighted by molar-refractivity contribution is -0.121. The molecule has 1 atom stereocenters. The number of nitrogens with two attached hydrogens (primary N) is 1. The first-order valence-corrected chi connectivity index (χ1v) is 13.3. The minimum Gasteiger partial charge on any atom is -0.386 e. The van der Waals surface area contributed by atoms with Gasteiger partial charge in [-0.3, -0.25) is 14.6 Å². The SMILES string of the molecule is CCc1ccc(CCC(=O)[C@H](CCCN=C(N)CCl)NC(=O)c2ccc3cc(N(C)C)ccc3c2)cc1. The summed E-state index contributed by atoms with van der Waals surface area (Å²) in [5.41, 5.74) is 9.70. The van der Waals surface area contributed by atoms with Gasteiger partial charge in [-0.1, -0.05) is 43.3 Å². The van der Waals surface area contributed by atoms with Crippen molar-refractivity contribution in [3.63, 3.8) is 0 Å². The number of aryl methyl sites for hydroxylation is 2. The highest BCUT2D eigenvalue weighted by atomic mass is 35.5. The highest BCUT2D eigenvalue weighted by Gasteiger charge is 2.21. The van der Waals surface area contributed by atoms with Gasteiger partial charge in [0.25, 0.3) is 5.91 Å². The molecule has 0 spiro atoms. The zero-order valence-corrected chi connectivity index (χ0v) is 22.7. The number of aliphatic imine (C=N–C) groups is 1. The van der Waals surface area contributed by atoms with Gasteiger partial charge in [0.1, 0.15) is 5.84 Å². The van der Waals surface area contributed by atoms with E-state index < -0.39 is 6.04 Å². The first kappa shape index (κ1) is 28.2. The fourth-order valence-corrected chi connectivity index (χ4v) is 4.24. The van der Waals surface area contributed by atoms with Gasteiger partial charge < -0.3 is 16.0 Å². The molecule has 0 bridgehead atoms. The topological polar surface area (TPSA) is 87.8 Å². The van der Waals surface area contributed by atoms with Crippen molar-refractivity contribution in [3.05, 3.63) is 77.4 Å². The molecule has 37 heavy (non-hydrogen) atoms. The quantitative estimate of drug-likeness (QED) is 0.141. The van der Waals surface area contributed by atoms with Crippen molar-refractivity contribution in [3.8, 4) is 0 Å². The smallest absolute Gasteiger partial charge is 0.251 e. The van der Waals surface area contributed by atoms with Crippen molar-refractivity contribution >= 4 is 45.6 Å². The summed E-state index contributed by atoms with van der Waals surface area (Å²) >= 11 is 5.70.